The molecule has 2 aromatic rings. The van der Waals surface area contributed by atoms with E-state index in [4.69, 9.17) is 4.74 Å². The van der Waals surface area contributed by atoms with Crippen molar-refractivity contribution in [1.29, 1.82) is 0 Å². The van der Waals surface area contributed by atoms with Gasteiger partial charge in [-0.2, -0.15) is 11.8 Å². The van der Waals surface area contributed by atoms with Crippen molar-refractivity contribution in [2.75, 3.05) is 12.9 Å². The molecule has 1 fully saturated rings. The second-order valence-electron chi connectivity index (χ2n) is 5.07. The van der Waals surface area contributed by atoms with Crippen LogP contribution in [0.1, 0.15) is 35.3 Å². The Morgan fingerprint density at radius 3 is 3.20 bits per heavy atom. The molecule has 1 saturated heterocycles. The summed E-state index contributed by atoms with van der Waals surface area (Å²) in [7, 11) is 1.40. The molecule has 2 aromatic heterocycles. The zero-order chi connectivity index (χ0) is 13.9. The van der Waals surface area contributed by atoms with Gasteiger partial charge in [-0.1, -0.05) is 6.42 Å². The van der Waals surface area contributed by atoms with E-state index >= 15 is 0 Å². The van der Waals surface area contributed by atoms with Crippen LogP contribution < -0.4 is 0 Å². The number of thioether (sulfide) groups is 1. The van der Waals surface area contributed by atoms with Gasteiger partial charge in [0.2, 0.25) is 0 Å². The van der Waals surface area contributed by atoms with Crippen LogP contribution in [0.3, 0.4) is 0 Å². The maximum absolute atomic E-state index is 11.7. The van der Waals surface area contributed by atoms with Crippen LogP contribution in [0, 0.1) is 0 Å². The number of carbonyl (C=O) groups is 1. The first-order valence-corrected chi connectivity index (χ1v) is 7.99. The fourth-order valence-electron chi connectivity index (χ4n) is 2.63. The van der Waals surface area contributed by atoms with E-state index in [1.807, 2.05) is 34.6 Å². The van der Waals surface area contributed by atoms with Crippen molar-refractivity contribution in [1.82, 2.24) is 9.38 Å². The molecule has 3 heterocycles. The van der Waals surface area contributed by atoms with Crippen LogP contribution >= 0.6 is 11.8 Å². The lowest BCUT2D eigenvalue weighted by molar-refractivity contribution is 0.0602. The summed E-state index contributed by atoms with van der Waals surface area (Å²) in [6.45, 7) is 0. The summed E-state index contributed by atoms with van der Waals surface area (Å²) >= 11 is 2.04. The molecule has 0 aromatic carbocycles. The van der Waals surface area contributed by atoms with Gasteiger partial charge in [0.05, 0.1) is 12.8 Å². The van der Waals surface area contributed by atoms with Gasteiger partial charge in [0.1, 0.15) is 5.56 Å². The topological polar surface area (TPSA) is 43.6 Å². The molecule has 0 radical (unpaired) electrons. The first-order chi connectivity index (χ1) is 9.78. The average molecular weight is 290 g/mol. The molecule has 0 N–H and O–H groups in total. The first kappa shape index (κ1) is 13.5. The van der Waals surface area contributed by atoms with Gasteiger partial charge in [0, 0.05) is 24.1 Å². The number of esters is 1. The van der Waals surface area contributed by atoms with Crippen LogP contribution in [0.15, 0.2) is 24.5 Å². The molecule has 0 aliphatic carbocycles. The van der Waals surface area contributed by atoms with Gasteiger partial charge in [0.25, 0.3) is 0 Å². The number of pyridine rings is 1. The minimum atomic E-state index is -0.334. The van der Waals surface area contributed by atoms with E-state index in [0.29, 0.717) is 16.5 Å². The lowest BCUT2D eigenvalue weighted by Gasteiger charge is -2.19. The molecule has 1 aliphatic rings. The Hall–Kier alpha value is -1.49. The van der Waals surface area contributed by atoms with E-state index in [-0.39, 0.29) is 5.97 Å². The molecule has 106 valence electrons. The highest BCUT2D eigenvalue weighted by atomic mass is 32.2. The van der Waals surface area contributed by atoms with Crippen molar-refractivity contribution in [3.05, 3.63) is 35.8 Å². The molecule has 1 atom stereocenters. The van der Waals surface area contributed by atoms with Crippen LogP contribution in [-0.2, 0) is 11.2 Å². The third-order valence-electron chi connectivity index (χ3n) is 3.65. The van der Waals surface area contributed by atoms with Crippen molar-refractivity contribution in [3.8, 4) is 0 Å². The highest BCUT2D eigenvalue weighted by Gasteiger charge is 2.18. The fraction of sp³-hybridized carbons (Fsp3) is 0.467. The maximum Gasteiger partial charge on any atom is 0.341 e. The normalized spacial score (nSPS) is 19.1. The minimum absolute atomic E-state index is 0.334. The summed E-state index contributed by atoms with van der Waals surface area (Å²) in [5.41, 5.74) is 2.27. The number of carbonyl (C=O) groups excluding carboxylic acids is 1. The number of ether oxygens (including phenoxy) is 1. The Bertz CT molecular complexity index is 617. The van der Waals surface area contributed by atoms with Crippen LogP contribution in [-0.4, -0.2) is 33.5 Å². The molecule has 5 heteroatoms. The first-order valence-electron chi connectivity index (χ1n) is 6.94. The molecule has 0 bridgehead atoms. The molecule has 3 rings (SSSR count). The second-order valence-corrected chi connectivity index (χ2v) is 6.48. The van der Waals surface area contributed by atoms with Crippen LogP contribution in [0.2, 0.25) is 0 Å². The summed E-state index contributed by atoms with van der Waals surface area (Å²) in [4.78, 5) is 16.4. The number of fused-ring (bicyclic) bond motifs is 1. The van der Waals surface area contributed by atoms with E-state index in [9.17, 15) is 4.79 Å². The third-order valence-corrected chi connectivity index (χ3v) is 5.05. The van der Waals surface area contributed by atoms with E-state index in [2.05, 4.69) is 4.98 Å². The standard InChI is InChI=1S/C15H18N2O2S/c1-19-15(18)13-6-4-7-17-10-11(16-14(13)17)9-12-5-2-3-8-20-12/h4,6-7,10,12H,2-3,5,8-9H2,1H3. The Labute approximate surface area is 122 Å². The molecular formula is C15H18N2O2S. The van der Waals surface area contributed by atoms with Crippen LogP contribution in [0.25, 0.3) is 5.65 Å². The zero-order valence-electron chi connectivity index (χ0n) is 11.5. The van der Waals surface area contributed by atoms with Crippen molar-refractivity contribution < 1.29 is 9.53 Å². The second kappa shape index (κ2) is 5.87. The Morgan fingerprint density at radius 2 is 2.45 bits per heavy atom. The lowest BCUT2D eigenvalue weighted by Crippen LogP contribution is -2.12. The highest BCUT2D eigenvalue weighted by Crippen LogP contribution is 2.28. The largest absolute Gasteiger partial charge is 0.465 e. The molecule has 1 unspecified atom stereocenters. The number of aromatic nitrogens is 2. The fourth-order valence-corrected chi connectivity index (χ4v) is 3.96. The smallest absolute Gasteiger partial charge is 0.341 e. The SMILES string of the molecule is COC(=O)c1cccn2cc(CC3CCCCS3)nc12. The number of hydrogen-bond acceptors (Lipinski definition) is 4. The molecule has 0 amide bonds. The predicted octanol–water partition coefficient (Wildman–Crippen LogP) is 2.95. The quantitative estimate of drug-likeness (QED) is 0.815. The van der Waals surface area contributed by atoms with E-state index in [0.717, 1.165) is 12.1 Å². The van der Waals surface area contributed by atoms with E-state index in [1.165, 1.54) is 32.1 Å². The van der Waals surface area contributed by atoms with Gasteiger partial charge in [-0.3, -0.25) is 0 Å². The maximum atomic E-state index is 11.7. The molecule has 4 nitrogen and oxygen atoms in total. The van der Waals surface area contributed by atoms with Gasteiger partial charge >= 0.3 is 5.97 Å². The van der Waals surface area contributed by atoms with Gasteiger partial charge in [0.15, 0.2) is 5.65 Å². The molecule has 0 saturated carbocycles. The molecule has 1 aliphatic heterocycles. The Balaban J connectivity index is 1.88. The monoisotopic (exact) mass is 290 g/mol. The van der Waals surface area contributed by atoms with Crippen molar-refractivity contribution in [2.24, 2.45) is 0 Å². The van der Waals surface area contributed by atoms with Crippen LogP contribution in [0.4, 0.5) is 0 Å². The van der Waals surface area contributed by atoms with Gasteiger partial charge in [-0.25, -0.2) is 9.78 Å². The van der Waals surface area contributed by atoms with Gasteiger partial charge in [-0.05, 0) is 30.7 Å². The number of methoxy groups -OCH3 is 1. The summed E-state index contributed by atoms with van der Waals surface area (Å²) in [5, 5.41) is 0.662. The Morgan fingerprint density at radius 1 is 1.55 bits per heavy atom. The third kappa shape index (κ3) is 2.68. The number of imidazole rings is 1. The summed E-state index contributed by atoms with van der Waals surface area (Å²) < 4.78 is 6.72. The average Bonchev–Trinajstić information content (AvgIpc) is 2.89. The summed E-state index contributed by atoms with van der Waals surface area (Å²) in [6.07, 6.45) is 8.84. The molecule has 20 heavy (non-hydrogen) atoms. The van der Waals surface area contributed by atoms with E-state index in [1.54, 1.807) is 6.07 Å². The summed E-state index contributed by atoms with van der Waals surface area (Å²) in [5.74, 6) is 0.922. The van der Waals surface area contributed by atoms with Crippen molar-refractivity contribution in [2.45, 2.75) is 30.9 Å². The van der Waals surface area contributed by atoms with Gasteiger partial charge in [-0.15, -0.1) is 0 Å². The van der Waals surface area contributed by atoms with Crippen molar-refractivity contribution in [3.63, 3.8) is 0 Å². The lowest BCUT2D eigenvalue weighted by atomic mass is 10.1. The number of hydrogen-bond donors (Lipinski definition) is 0. The number of rotatable bonds is 3. The van der Waals surface area contributed by atoms with E-state index < -0.39 is 0 Å². The zero-order valence-corrected chi connectivity index (χ0v) is 12.4. The van der Waals surface area contributed by atoms with Crippen molar-refractivity contribution >= 4 is 23.4 Å². The molecule has 0 spiro atoms. The number of nitrogens with zero attached hydrogens (tertiary/aromatic N) is 2. The minimum Gasteiger partial charge on any atom is -0.465 e. The highest BCUT2D eigenvalue weighted by molar-refractivity contribution is 7.99. The molecular weight excluding hydrogens is 272 g/mol. The Kier molecular flexibility index (Phi) is 3.96. The predicted molar refractivity (Wildman–Crippen MR) is 80.3 cm³/mol. The summed E-state index contributed by atoms with van der Waals surface area (Å²) in [6, 6.07) is 3.60. The van der Waals surface area contributed by atoms with Crippen LogP contribution in [0.5, 0.6) is 0 Å². The van der Waals surface area contributed by atoms with Gasteiger partial charge < -0.3 is 9.14 Å².